The summed E-state index contributed by atoms with van der Waals surface area (Å²) in [4.78, 5) is 36.0. The van der Waals surface area contributed by atoms with Crippen LogP contribution in [0, 0.1) is 5.41 Å². The Balaban J connectivity index is 2.62. The third-order valence-corrected chi connectivity index (χ3v) is 3.54. The number of nitrogens with zero attached hydrogens (tertiary/aromatic N) is 1. The Kier molecular flexibility index (Phi) is 4.74. The molecule has 1 unspecified atom stereocenters. The molecule has 2 atom stereocenters. The van der Waals surface area contributed by atoms with Gasteiger partial charge in [-0.15, -0.1) is 0 Å². The number of likely N-dealkylation sites (tertiary alicyclic amines) is 1. The van der Waals surface area contributed by atoms with Gasteiger partial charge in [0.1, 0.15) is 6.04 Å². The highest BCUT2D eigenvalue weighted by Crippen LogP contribution is 2.29. The van der Waals surface area contributed by atoms with Crippen LogP contribution in [0.4, 0.5) is 4.79 Å². The monoisotopic (exact) mass is 271 g/mol. The van der Waals surface area contributed by atoms with Crippen molar-refractivity contribution in [1.29, 1.82) is 0 Å². The third kappa shape index (κ3) is 3.36. The third-order valence-electron chi connectivity index (χ3n) is 3.54. The Morgan fingerprint density at radius 2 is 2.05 bits per heavy atom. The van der Waals surface area contributed by atoms with E-state index in [4.69, 9.17) is 5.11 Å². The molecule has 0 aromatic carbocycles. The van der Waals surface area contributed by atoms with Gasteiger partial charge in [-0.25, -0.2) is 9.59 Å². The number of carboxylic acid groups (broad SMARTS) is 1. The average Bonchev–Trinajstić information content (AvgIpc) is 2.78. The van der Waals surface area contributed by atoms with Gasteiger partial charge in [-0.1, -0.05) is 6.92 Å². The molecule has 108 valence electrons. The number of amides is 3. The van der Waals surface area contributed by atoms with Gasteiger partial charge < -0.3 is 20.6 Å². The van der Waals surface area contributed by atoms with Crippen molar-refractivity contribution in [2.75, 3.05) is 20.1 Å². The predicted molar refractivity (Wildman–Crippen MR) is 68.6 cm³/mol. The van der Waals surface area contributed by atoms with Gasteiger partial charge in [0, 0.05) is 20.1 Å². The van der Waals surface area contributed by atoms with Crippen molar-refractivity contribution >= 4 is 17.9 Å². The van der Waals surface area contributed by atoms with Gasteiger partial charge in [0.05, 0.1) is 5.41 Å². The van der Waals surface area contributed by atoms with Crippen LogP contribution in [-0.2, 0) is 9.59 Å². The molecule has 1 aliphatic heterocycles. The summed E-state index contributed by atoms with van der Waals surface area (Å²) in [6.45, 7) is 4.24. The molecule has 0 bridgehead atoms. The summed E-state index contributed by atoms with van der Waals surface area (Å²) in [5, 5.41) is 13.9. The van der Waals surface area contributed by atoms with Crippen LogP contribution in [0.5, 0.6) is 0 Å². The first kappa shape index (κ1) is 15.3. The number of carbonyl (C=O) groups is 3. The molecule has 1 heterocycles. The van der Waals surface area contributed by atoms with Crippen LogP contribution in [0.2, 0.25) is 0 Å². The molecule has 1 fully saturated rings. The SMILES string of the molecule is CC[C@H](NC(=O)N1CCC(C)(C(=O)NC)C1)C(=O)O. The standard InChI is InChI=1S/C12H21N3O4/c1-4-8(9(16)17)14-11(19)15-6-5-12(2,7-15)10(18)13-3/h8H,4-7H2,1-3H3,(H,13,18)(H,14,19)(H,16,17)/t8-,12?/m0/s1. The largest absolute Gasteiger partial charge is 0.480 e. The van der Waals surface area contributed by atoms with E-state index in [9.17, 15) is 14.4 Å². The minimum absolute atomic E-state index is 0.104. The zero-order valence-electron chi connectivity index (χ0n) is 11.5. The molecule has 3 N–H and O–H groups in total. The molecule has 7 nitrogen and oxygen atoms in total. The molecule has 0 saturated carbocycles. The van der Waals surface area contributed by atoms with Gasteiger partial charge in [0.15, 0.2) is 0 Å². The summed E-state index contributed by atoms with van der Waals surface area (Å²) in [5.41, 5.74) is -0.600. The number of aliphatic carboxylic acids is 1. The topological polar surface area (TPSA) is 98.7 Å². The lowest BCUT2D eigenvalue weighted by atomic mass is 9.89. The maximum atomic E-state index is 11.9. The van der Waals surface area contributed by atoms with E-state index >= 15 is 0 Å². The predicted octanol–water partition coefficient (Wildman–Crippen LogP) is 0.0172. The first-order valence-electron chi connectivity index (χ1n) is 6.34. The van der Waals surface area contributed by atoms with Crippen molar-refractivity contribution in [2.45, 2.75) is 32.7 Å². The summed E-state index contributed by atoms with van der Waals surface area (Å²) in [5.74, 6) is -1.16. The number of urea groups is 1. The van der Waals surface area contributed by atoms with Gasteiger partial charge in [-0.2, -0.15) is 0 Å². The fourth-order valence-electron chi connectivity index (χ4n) is 2.20. The van der Waals surface area contributed by atoms with Crippen molar-refractivity contribution in [1.82, 2.24) is 15.5 Å². The van der Waals surface area contributed by atoms with E-state index in [0.29, 0.717) is 25.9 Å². The summed E-state index contributed by atoms with van der Waals surface area (Å²) in [6.07, 6.45) is 0.894. The average molecular weight is 271 g/mol. The van der Waals surface area contributed by atoms with Crippen LogP contribution in [0.25, 0.3) is 0 Å². The van der Waals surface area contributed by atoms with Gasteiger partial charge in [-0.05, 0) is 19.8 Å². The van der Waals surface area contributed by atoms with Gasteiger partial charge in [-0.3, -0.25) is 4.79 Å². The Morgan fingerprint density at radius 1 is 1.42 bits per heavy atom. The van der Waals surface area contributed by atoms with E-state index in [-0.39, 0.29) is 5.91 Å². The molecule has 1 rings (SSSR count). The Bertz CT molecular complexity index is 385. The first-order valence-corrected chi connectivity index (χ1v) is 6.34. The molecule has 7 heteroatoms. The number of carboxylic acids is 1. The van der Waals surface area contributed by atoms with Crippen LogP contribution in [0.1, 0.15) is 26.7 Å². The lowest BCUT2D eigenvalue weighted by Gasteiger charge is -2.24. The second-order valence-electron chi connectivity index (χ2n) is 5.06. The minimum Gasteiger partial charge on any atom is -0.480 e. The molecule has 0 aromatic rings. The van der Waals surface area contributed by atoms with E-state index < -0.39 is 23.5 Å². The second-order valence-corrected chi connectivity index (χ2v) is 5.06. The Morgan fingerprint density at radius 3 is 2.53 bits per heavy atom. The maximum absolute atomic E-state index is 11.9. The van der Waals surface area contributed by atoms with E-state index in [1.165, 1.54) is 4.90 Å². The number of hydrogen-bond acceptors (Lipinski definition) is 3. The highest BCUT2D eigenvalue weighted by Gasteiger charge is 2.41. The van der Waals surface area contributed by atoms with E-state index in [2.05, 4.69) is 10.6 Å². The van der Waals surface area contributed by atoms with Crippen molar-refractivity contribution < 1.29 is 19.5 Å². The van der Waals surface area contributed by atoms with Crippen molar-refractivity contribution in [3.8, 4) is 0 Å². The van der Waals surface area contributed by atoms with Crippen molar-refractivity contribution in [3.05, 3.63) is 0 Å². The minimum atomic E-state index is -1.05. The first-order chi connectivity index (χ1) is 8.84. The lowest BCUT2D eigenvalue weighted by Crippen LogP contribution is -2.48. The van der Waals surface area contributed by atoms with E-state index in [0.717, 1.165) is 0 Å². The molecule has 0 radical (unpaired) electrons. The normalized spacial score (nSPS) is 23.8. The molecule has 3 amide bonds. The highest BCUT2D eigenvalue weighted by molar-refractivity contribution is 5.86. The lowest BCUT2D eigenvalue weighted by molar-refractivity contribution is -0.139. The smallest absolute Gasteiger partial charge is 0.326 e. The quantitative estimate of drug-likeness (QED) is 0.671. The molecular formula is C12H21N3O4. The van der Waals surface area contributed by atoms with Crippen LogP contribution < -0.4 is 10.6 Å². The second kappa shape index (κ2) is 5.90. The van der Waals surface area contributed by atoms with E-state index in [1.54, 1.807) is 20.9 Å². The molecule has 19 heavy (non-hydrogen) atoms. The van der Waals surface area contributed by atoms with Gasteiger partial charge in [0.25, 0.3) is 0 Å². The zero-order chi connectivity index (χ0) is 14.6. The molecule has 0 aliphatic carbocycles. The molecule has 1 aliphatic rings. The number of rotatable bonds is 4. The van der Waals surface area contributed by atoms with Gasteiger partial charge in [0.2, 0.25) is 5.91 Å². The summed E-state index contributed by atoms with van der Waals surface area (Å²) in [6, 6.07) is -1.32. The fourth-order valence-corrected chi connectivity index (χ4v) is 2.20. The van der Waals surface area contributed by atoms with E-state index in [1.807, 2.05) is 0 Å². The summed E-state index contributed by atoms with van der Waals surface area (Å²) < 4.78 is 0. The number of nitrogens with one attached hydrogen (secondary N) is 2. The number of hydrogen-bond donors (Lipinski definition) is 3. The van der Waals surface area contributed by atoms with Crippen LogP contribution in [-0.4, -0.2) is 54.1 Å². The van der Waals surface area contributed by atoms with Crippen LogP contribution in [0.3, 0.4) is 0 Å². The molecule has 1 saturated heterocycles. The van der Waals surface area contributed by atoms with Crippen molar-refractivity contribution in [3.63, 3.8) is 0 Å². The molecular weight excluding hydrogens is 250 g/mol. The van der Waals surface area contributed by atoms with Gasteiger partial charge >= 0.3 is 12.0 Å². The summed E-state index contributed by atoms with van der Waals surface area (Å²) >= 11 is 0. The highest BCUT2D eigenvalue weighted by atomic mass is 16.4. The van der Waals surface area contributed by atoms with Crippen molar-refractivity contribution in [2.24, 2.45) is 5.41 Å². The summed E-state index contributed by atoms with van der Waals surface area (Å²) in [7, 11) is 1.56. The number of carbonyl (C=O) groups excluding carboxylic acids is 2. The van der Waals surface area contributed by atoms with Crippen LogP contribution in [0.15, 0.2) is 0 Å². The Hall–Kier alpha value is -1.79. The molecule has 0 spiro atoms. The fraction of sp³-hybridized carbons (Fsp3) is 0.750. The molecule has 0 aromatic heterocycles. The van der Waals surface area contributed by atoms with Crippen LogP contribution >= 0.6 is 0 Å². The maximum Gasteiger partial charge on any atom is 0.326 e. The zero-order valence-corrected chi connectivity index (χ0v) is 11.5. The Labute approximate surface area is 112 Å².